The highest BCUT2D eigenvalue weighted by Gasteiger charge is 2.40. The molecule has 220 valence electrons. The van der Waals surface area contributed by atoms with E-state index in [9.17, 15) is 31.1 Å². The van der Waals surface area contributed by atoms with Gasteiger partial charge in [0, 0.05) is 60.5 Å². The number of alkyl halides is 6. The zero-order valence-electron chi connectivity index (χ0n) is 22.1. The van der Waals surface area contributed by atoms with Gasteiger partial charge in [-0.25, -0.2) is 15.0 Å². The summed E-state index contributed by atoms with van der Waals surface area (Å²) in [5.41, 5.74) is -1.50. The summed E-state index contributed by atoms with van der Waals surface area (Å²) in [6.45, 7) is 2.51. The second-order valence-corrected chi connectivity index (χ2v) is 11.8. The van der Waals surface area contributed by atoms with Gasteiger partial charge >= 0.3 is 12.4 Å². The molecule has 40 heavy (non-hydrogen) atoms. The smallest absolute Gasteiger partial charge is 0.421 e. The molecule has 2 fully saturated rings. The van der Waals surface area contributed by atoms with Crippen molar-refractivity contribution >= 4 is 27.8 Å². The van der Waals surface area contributed by atoms with Crippen molar-refractivity contribution in [3.63, 3.8) is 0 Å². The summed E-state index contributed by atoms with van der Waals surface area (Å²) in [6.07, 6.45) is -4.55. The Labute approximate surface area is 229 Å². The molecule has 0 spiro atoms. The van der Waals surface area contributed by atoms with Crippen LogP contribution in [0.2, 0.25) is 0 Å². The molecule has 0 N–H and O–H groups in total. The number of hydrogen-bond donors (Lipinski definition) is 0. The number of nitrogens with zero attached hydrogens (tertiary/aromatic N) is 6. The van der Waals surface area contributed by atoms with Crippen LogP contribution in [0.3, 0.4) is 0 Å². The average Bonchev–Trinajstić information content (AvgIpc) is 3.31. The van der Waals surface area contributed by atoms with Crippen molar-refractivity contribution < 1.29 is 40.6 Å². The molecule has 2 aromatic heterocycles. The van der Waals surface area contributed by atoms with Crippen molar-refractivity contribution in [2.75, 3.05) is 62.8 Å². The van der Waals surface area contributed by atoms with Gasteiger partial charge in [-0.05, 0) is 18.9 Å². The zero-order valence-corrected chi connectivity index (χ0v) is 24.1. The van der Waals surface area contributed by atoms with Crippen molar-refractivity contribution in [3.8, 4) is 5.88 Å². The lowest BCUT2D eigenvalue weighted by atomic mass is 10.2. The second-order valence-electron chi connectivity index (χ2n) is 9.94. The third-order valence-electron chi connectivity index (χ3n) is 7.15. The number of ether oxygens (including phenoxy) is 2. The molecule has 1 amide bonds. The maximum Gasteiger partial charge on any atom is 0.421 e. The molecule has 0 aromatic carbocycles. The number of carbonyl (C=O) groups excluding carboxylic acids is 1. The third kappa shape index (κ3) is 6.76. The SMILES string of the molecule is COc1ncc(N2CCC[C@@]2([SiH3])COCCC(=O)N2CCN(c3ncc(C(F)(F)F)cn3)CC2)cc1C(F)(F)F. The van der Waals surface area contributed by atoms with E-state index in [4.69, 9.17) is 9.47 Å². The van der Waals surface area contributed by atoms with Crippen LogP contribution in [-0.4, -0.2) is 94.2 Å². The summed E-state index contributed by atoms with van der Waals surface area (Å²) >= 11 is 0. The van der Waals surface area contributed by atoms with Gasteiger partial charge in [-0.2, -0.15) is 26.3 Å². The van der Waals surface area contributed by atoms with Crippen LogP contribution in [0, 0.1) is 0 Å². The molecule has 4 heterocycles. The van der Waals surface area contributed by atoms with E-state index in [1.165, 1.54) is 6.20 Å². The van der Waals surface area contributed by atoms with Gasteiger partial charge in [0.15, 0.2) is 0 Å². The Kier molecular flexibility index (Phi) is 8.77. The first kappa shape index (κ1) is 29.8. The van der Waals surface area contributed by atoms with Crippen molar-refractivity contribution in [2.45, 2.75) is 36.8 Å². The second kappa shape index (κ2) is 11.8. The van der Waals surface area contributed by atoms with Gasteiger partial charge in [0.25, 0.3) is 0 Å². The molecule has 0 saturated carbocycles. The number of pyridine rings is 1. The van der Waals surface area contributed by atoms with Gasteiger partial charge in [0.05, 0.1) is 44.2 Å². The molecule has 9 nitrogen and oxygen atoms in total. The molecule has 2 aliphatic rings. The van der Waals surface area contributed by atoms with E-state index in [1.54, 1.807) is 9.80 Å². The molecule has 2 aliphatic heterocycles. The molecule has 16 heteroatoms. The molecule has 0 radical (unpaired) electrons. The molecule has 0 unspecified atom stereocenters. The fraction of sp³-hybridized carbons (Fsp3) is 0.583. The summed E-state index contributed by atoms with van der Waals surface area (Å²) in [5.74, 6) is -0.416. The van der Waals surface area contributed by atoms with Crippen LogP contribution in [0.1, 0.15) is 30.4 Å². The maximum absolute atomic E-state index is 13.5. The molecular weight excluding hydrogens is 562 g/mol. The van der Waals surface area contributed by atoms with Crippen LogP contribution in [0.25, 0.3) is 0 Å². The number of anilines is 2. The van der Waals surface area contributed by atoms with Crippen LogP contribution in [0.15, 0.2) is 24.7 Å². The number of piperazine rings is 1. The fourth-order valence-electron chi connectivity index (χ4n) is 4.96. The maximum atomic E-state index is 13.5. The van der Waals surface area contributed by atoms with Crippen molar-refractivity contribution in [3.05, 3.63) is 35.8 Å². The molecule has 2 aromatic rings. The highest BCUT2D eigenvalue weighted by molar-refractivity contribution is 6.17. The molecule has 0 aliphatic carbocycles. The first-order valence-electron chi connectivity index (χ1n) is 12.7. The van der Waals surface area contributed by atoms with E-state index in [2.05, 4.69) is 15.0 Å². The first-order chi connectivity index (χ1) is 18.8. The van der Waals surface area contributed by atoms with E-state index in [-0.39, 0.29) is 31.5 Å². The minimum Gasteiger partial charge on any atom is -0.481 e. The molecule has 2 saturated heterocycles. The monoisotopic (exact) mass is 592 g/mol. The summed E-state index contributed by atoms with van der Waals surface area (Å²) in [7, 11) is 1.77. The Morgan fingerprint density at radius 2 is 1.68 bits per heavy atom. The Hall–Kier alpha value is -3.14. The summed E-state index contributed by atoms with van der Waals surface area (Å²) in [4.78, 5) is 29.4. The predicted molar refractivity (Wildman–Crippen MR) is 136 cm³/mol. The highest BCUT2D eigenvalue weighted by Crippen LogP contribution is 2.40. The zero-order chi connectivity index (χ0) is 29.1. The normalized spacial score (nSPS) is 20.3. The van der Waals surface area contributed by atoms with Gasteiger partial charge in [-0.3, -0.25) is 4.79 Å². The lowest BCUT2D eigenvalue weighted by Gasteiger charge is -2.37. The van der Waals surface area contributed by atoms with Crippen LogP contribution in [0.5, 0.6) is 5.88 Å². The van der Waals surface area contributed by atoms with Crippen molar-refractivity contribution in [2.24, 2.45) is 0 Å². The van der Waals surface area contributed by atoms with Crippen LogP contribution >= 0.6 is 0 Å². The third-order valence-corrected chi connectivity index (χ3v) is 8.48. The quantitative estimate of drug-likeness (QED) is 0.263. The average molecular weight is 593 g/mol. The number of aromatic nitrogens is 3. The van der Waals surface area contributed by atoms with Gasteiger partial charge in [-0.1, -0.05) is 0 Å². The van der Waals surface area contributed by atoms with E-state index in [0.717, 1.165) is 38.4 Å². The van der Waals surface area contributed by atoms with Gasteiger partial charge < -0.3 is 24.2 Å². The number of amides is 1. The van der Waals surface area contributed by atoms with Crippen molar-refractivity contribution in [1.82, 2.24) is 19.9 Å². The highest BCUT2D eigenvalue weighted by atomic mass is 28.1. The largest absolute Gasteiger partial charge is 0.481 e. The number of halogens is 6. The Balaban J connectivity index is 1.25. The van der Waals surface area contributed by atoms with Crippen molar-refractivity contribution in [1.29, 1.82) is 0 Å². The molecule has 4 rings (SSSR count). The minimum absolute atomic E-state index is 0.118. The van der Waals surface area contributed by atoms with Gasteiger partial charge in [0.2, 0.25) is 17.7 Å². The predicted octanol–water partition coefficient (Wildman–Crippen LogP) is 2.34. The number of hydrogen-bond acceptors (Lipinski definition) is 8. The fourth-order valence-corrected chi connectivity index (χ4v) is 6.00. The number of rotatable bonds is 8. The molecule has 1 atom stereocenters. The standard InChI is InChI=1S/C24H30F6N6O3Si/c1-38-20-18(24(28,29)30)11-17(14-31-20)36-5-2-4-22(36,40)15-39-10-3-19(37)34-6-8-35(9-7-34)21-32-12-16(13-33-21)23(25,26)27/h11-14H,2-10,15H2,1,40H3/t22-/m1/s1. The van der Waals surface area contributed by atoms with Gasteiger partial charge in [-0.15, -0.1) is 0 Å². The number of methoxy groups -OCH3 is 1. The van der Waals surface area contributed by atoms with E-state index < -0.39 is 34.5 Å². The molecule has 0 bridgehead atoms. The molecular formula is C24H30F6N6O3Si. The topological polar surface area (TPSA) is 83.9 Å². The Morgan fingerprint density at radius 1 is 1.00 bits per heavy atom. The van der Waals surface area contributed by atoms with E-state index in [1.807, 2.05) is 4.90 Å². The number of carbonyl (C=O) groups is 1. The lowest BCUT2D eigenvalue weighted by molar-refractivity contribution is -0.139. The summed E-state index contributed by atoms with van der Waals surface area (Å²) in [5, 5.41) is -0.435. The summed E-state index contributed by atoms with van der Waals surface area (Å²) < 4.78 is 89.3. The van der Waals surface area contributed by atoms with Crippen LogP contribution in [-0.2, 0) is 21.9 Å². The minimum atomic E-state index is -4.60. The lowest BCUT2D eigenvalue weighted by Crippen LogP contribution is -2.50. The van der Waals surface area contributed by atoms with E-state index >= 15 is 0 Å². The Bertz CT molecular complexity index is 1180. The van der Waals surface area contributed by atoms with E-state index in [0.29, 0.717) is 48.7 Å². The van der Waals surface area contributed by atoms with Gasteiger partial charge in [0.1, 0.15) is 5.56 Å². The van der Waals surface area contributed by atoms with Crippen LogP contribution < -0.4 is 14.5 Å². The summed E-state index contributed by atoms with van der Waals surface area (Å²) in [6, 6.07) is 1.06. The first-order valence-corrected chi connectivity index (χ1v) is 13.7. The van der Waals surface area contributed by atoms with Crippen LogP contribution in [0.4, 0.5) is 38.0 Å². The Morgan fingerprint density at radius 3 is 2.27 bits per heavy atom.